The van der Waals surface area contributed by atoms with Crippen molar-refractivity contribution in [3.8, 4) is 0 Å². The quantitative estimate of drug-likeness (QED) is 0.550. The van der Waals surface area contributed by atoms with Crippen LogP contribution in [-0.2, 0) is 0 Å². The van der Waals surface area contributed by atoms with Gasteiger partial charge in [-0.2, -0.15) is 0 Å². The Bertz CT molecular complexity index is 126. The van der Waals surface area contributed by atoms with E-state index in [2.05, 4.69) is 6.92 Å². The van der Waals surface area contributed by atoms with Gasteiger partial charge in [-0.25, -0.2) is 0 Å². The molecule has 0 rings (SSSR count). The Morgan fingerprint density at radius 2 is 1.20 bits per heavy atom. The van der Waals surface area contributed by atoms with Crippen LogP contribution in [0.4, 0.5) is 0 Å². The van der Waals surface area contributed by atoms with E-state index in [9.17, 15) is 10.2 Å². The molecule has 0 bridgehead atoms. The molecule has 0 aliphatic carbocycles. The van der Waals surface area contributed by atoms with Gasteiger partial charge in [0.15, 0.2) is 0 Å². The van der Waals surface area contributed by atoms with E-state index in [-0.39, 0.29) is 0 Å². The number of hydrogen-bond acceptors (Lipinski definition) is 2. The summed E-state index contributed by atoms with van der Waals surface area (Å²) in [6.07, 6.45) is 8.82. The molecule has 0 aliphatic rings. The van der Waals surface area contributed by atoms with Crippen molar-refractivity contribution in [2.24, 2.45) is 0 Å². The third-order valence-electron chi connectivity index (χ3n) is 2.88. The average Bonchev–Trinajstić information content (AvgIpc) is 2.23. The SMILES string of the molecule is CCCCCCCC[C@@H](O)[C@H](O)CCC. The molecule has 0 radical (unpaired) electrons. The highest BCUT2D eigenvalue weighted by Crippen LogP contribution is 2.12. The largest absolute Gasteiger partial charge is 0.390 e. The van der Waals surface area contributed by atoms with Crippen LogP contribution in [0.3, 0.4) is 0 Å². The van der Waals surface area contributed by atoms with Gasteiger partial charge in [-0.3, -0.25) is 0 Å². The second kappa shape index (κ2) is 10.4. The summed E-state index contributed by atoms with van der Waals surface area (Å²) in [6.45, 7) is 4.24. The lowest BCUT2D eigenvalue weighted by Crippen LogP contribution is -2.25. The predicted octanol–water partition coefficient (Wildman–Crippen LogP) is 3.26. The van der Waals surface area contributed by atoms with E-state index in [0.29, 0.717) is 0 Å². The summed E-state index contributed by atoms with van der Waals surface area (Å²) in [7, 11) is 0. The van der Waals surface area contributed by atoms with Crippen LogP contribution in [0.25, 0.3) is 0 Å². The molecule has 0 saturated heterocycles. The number of aliphatic hydroxyl groups is 2. The Balaban J connectivity index is 3.26. The Morgan fingerprint density at radius 1 is 0.667 bits per heavy atom. The fourth-order valence-corrected chi connectivity index (χ4v) is 1.81. The Kier molecular flexibility index (Phi) is 10.4. The van der Waals surface area contributed by atoms with E-state index >= 15 is 0 Å². The zero-order valence-corrected chi connectivity index (χ0v) is 10.4. The van der Waals surface area contributed by atoms with Gasteiger partial charge in [0.05, 0.1) is 12.2 Å². The van der Waals surface area contributed by atoms with Crippen molar-refractivity contribution < 1.29 is 10.2 Å². The number of aliphatic hydroxyl groups excluding tert-OH is 2. The highest BCUT2D eigenvalue weighted by atomic mass is 16.3. The van der Waals surface area contributed by atoms with Gasteiger partial charge in [-0.15, -0.1) is 0 Å². The van der Waals surface area contributed by atoms with Crippen LogP contribution in [0.5, 0.6) is 0 Å². The molecule has 0 unspecified atom stereocenters. The minimum Gasteiger partial charge on any atom is -0.390 e. The Morgan fingerprint density at radius 3 is 1.80 bits per heavy atom. The summed E-state index contributed by atoms with van der Waals surface area (Å²) in [5.41, 5.74) is 0. The van der Waals surface area contributed by atoms with Gasteiger partial charge in [0.1, 0.15) is 0 Å². The first-order chi connectivity index (χ1) is 7.22. The van der Waals surface area contributed by atoms with E-state index in [1.54, 1.807) is 0 Å². The summed E-state index contributed by atoms with van der Waals surface area (Å²) in [5, 5.41) is 19.1. The molecule has 0 aromatic heterocycles. The molecule has 2 N–H and O–H groups in total. The second-order valence-corrected chi connectivity index (χ2v) is 4.48. The number of rotatable bonds is 10. The minimum absolute atomic E-state index is 0.504. The molecule has 2 heteroatoms. The van der Waals surface area contributed by atoms with Crippen molar-refractivity contribution in [1.82, 2.24) is 0 Å². The molecule has 0 spiro atoms. The maximum Gasteiger partial charge on any atom is 0.0799 e. The molecule has 15 heavy (non-hydrogen) atoms. The van der Waals surface area contributed by atoms with E-state index in [1.165, 1.54) is 32.1 Å². The standard InChI is InChI=1S/C13H28O2/c1-3-5-6-7-8-9-11-13(15)12(14)10-4-2/h12-15H,3-11H2,1-2H3/t12-,13-/m1/s1. The van der Waals surface area contributed by atoms with E-state index in [4.69, 9.17) is 0 Å². The molecule has 0 saturated carbocycles. The molecule has 0 aromatic carbocycles. The molecule has 0 aromatic rings. The molecular formula is C13H28O2. The third-order valence-corrected chi connectivity index (χ3v) is 2.88. The fourth-order valence-electron chi connectivity index (χ4n) is 1.81. The summed E-state index contributed by atoms with van der Waals surface area (Å²) >= 11 is 0. The van der Waals surface area contributed by atoms with Crippen molar-refractivity contribution in [2.45, 2.75) is 83.8 Å². The van der Waals surface area contributed by atoms with Gasteiger partial charge >= 0.3 is 0 Å². The first-order valence-electron chi connectivity index (χ1n) is 6.58. The molecule has 0 aliphatic heterocycles. The van der Waals surface area contributed by atoms with Crippen molar-refractivity contribution >= 4 is 0 Å². The van der Waals surface area contributed by atoms with E-state index in [1.807, 2.05) is 6.92 Å². The highest BCUT2D eigenvalue weighted by molar-refractivity contribution is 4.66. The van der Waals surface area contributed by atoms with Gasteiger partial charge in [0, 0.05) is 0 Å². The first kappa shape index (κ1) is 14.9. The molecule has 0 amide bonds. The Labute approximate surface area is 94.7 Å². The first-order valence-corrected chi connectivity index (χ1v) is 6.58. The van der Waals surface area contributed by atoms with Crippen LogP contribution in [-0.4, -0.2) is 22.4 Å². The molecule has 92 valence electrons. The number of hydrogen-bond donors (Lipinski definition) is 2. The van der Waals surface area contributed by atoms with Crippen LogP contribution in [0, 0.1) is 0 Å². The van der Waals surface area contributed by atoms with Crippen LogP contribution in [0.2, 0.25) is 0 Å². The number of unbranched alkanes of at least 4 members (excludes halogenated alkanes) is 5. The zero-order valence-electron chi connectivity index (χ0n) is 10.4. The smallest absolute Gasteiger partial charge is 0.0799 e. The van der Waals surface area contributed by atoms with Gasteiger partial charge in [-0.1, -0.05) is 58.8 Å². The third kappa shape index (κ3) is 8.88. The van der Waals surface area contributed by atoms with Crippen LogP contribution in [0.15, 0.2) is 0 Å². The molecule has 0 heterocycles. The monoisotopic (exact) mass is 216 g/mol. The van der Waals surface area contributed by atoms with Crippen LogP contribution in [0.1, 0.15) is 71.6 Å². The van der Waals surface area contributed by atoms with Gasteiger partial charge in [0.2, 0.25) is 0 Å². The van der Waals surface area contributed by atoms with E-state index in [0.717, 1.165) is 25.7 Å². The molecular weight excluding hydrogens is 188 g/mol. The minimum atomic E-state index is -0.509. The maximum absolute atomic E-state index is 9.60. The molecule has 0 fully saturated rings. The Hall–Kier alpha value is -0.0800. The predicted molar refractivity (Wildman–Crippen MR) is 64.9 cm³/mol. The average molecular weight is 216 g/mol. The van der Waals surface area contributed by atoms with Gasteiger partial charge in [0.25, 0.3) is 0 Å². The van der Waals surface area contributed by atoms with Gasteiger partial charge in [-0.05, 0) is 12.8 Å². The summed E-state index contributed by atoms with van der Waals surface area (Å²) in [4.78, 5) is 0. The fraction of sp³-hybridized carbons (Fsp3) is 1.00. The van der Waals surface area contributed by atoms with Crippen molar-refractivity contribution in [1.29, 1.82) is 0 Å². The van der Waals surface area contributed by atoms with Crippen LogP contribution >= 0.6 is 0 Å². The normalized spacial score (nSPS) is 15.2. The van der Waals surface area contributed by atoms with Crippen molar-refractivity contribution in [3.05, 3.63) is 0 Å². The molecule has 2 atom stereocenters. The van der Waals surface area contributed by atoms with Crippen LogP contribution < -0.4 is 0 Å². The van der Waals surface area contributed by atoms with Crippen molar-refractivity contribution in [2.75, 3.05) is 0 Å². The topological polar surface area (TPSA) is 40.5 Å². The lowest BCUT2D eigenvalue weighted by atomic mass is 10.0. The van der Waals surface area contributed by atoms with Crippen molar-refractivity contribution in [3.63, 3.8) is 0 Å². The molecule has 2 nitrogen and oxygen atoms in total. The zero-order chi connectivity index (χ0) is 11.5. The van der Waals surface area contributed by atoms with E-state index < -0.39 is 12.2 Å². The summed E-state index contributed by atoms with van der Waals surface area (Å²) in [6, 6.07) is 0. The lowest BCUT2D eigenvalue weighted by Gasteiger charge is -2.16. The lowest BCUT2D eigenvalue weighted by molar-refractivity contribution is 0.00817. The van der Waals surface area contributed by atoms with Gasteiger partial charge < -0.3 is 10.2 Å². The maximum atomic E-state index is 9.60. The summed E-state index contributed by atoms with van der Waals surface area (Å²) in [5.74, 6) is 0. The highest BCUT2D eigenvalue weighted by Gasteiger charge is 2.13. The summed E-state index contributed by atoms with van der Waals surface area (Å²) < 4.78 is 0. The second-order valence-electron chi connectivity index (χ2n) is 4.48.